The van der Waals surface area contributed by atoms with E-state index in [1.54, 1.807) is 0 Å². The first-order valence-electron chi connectivity index (χ1n) is 3.83. The molecule has 1 nitrogen and oxygen atoms in total. The molecule has 11 heavy (non-hydrogen) atoms. The van der Waals surface area contributed by atoms with E-state index in [1.165, 1.54) is 0 Å². The molecule has 0 heterocycles. The molecule has 0 amide bonds. The van der Waals surface area contributed by atoms with Crippen LogP contribution in [0.25, 0.3) is 0 Å². The summed E-state index contributed by atoms with van der Waals surface area (Å²) < 4.78 is 5.52. The van der Waals surface area contributed by atoms with Crippen LogP contribution in [0.1, 0.15) is 19.4 Å². The minimum absolute atomic E-state index is 0.246. The Labute approximate surface area is 68.0 Å². The summed E-state index contributed by atoms with van der Waals surface area (Å²) in [4.78, 5) is 0. The summed E-state index contributed by atoms with van der Waals surface area (Å²) in [6.45, 7) is 6.07. The van der Waals surface area contributed by atoms with Crippen molar-refractivity contribution in [3.63, 3.8) is 0 Å². The van der Waals surface area contributed by atoms with E-state index in [4.69, 9.17) is 4.74 Å². The second-order valence-electron chi connectivity index (χ2n) is 2.86. The fourth-order valence-electron chi connectivity index (χ4n) is 0.886. The maximum Gasteiger partial charge on any atom is 0.122 e. The van der Waals surface area contributed by atoms with Crippen LogP contribution in [-0.2, 0) is 0 Å². The number of ether oxygens (including phenoxy) is 1. The average Bonchev–Trinajstić information content (AvgIpc) is 1.93. The highest BCUT2D eigenvalue weighted by Crippen LogP contribution is 2.16. The van der Waals surface area contributed by atoms with Crippen LogP contribution >= 0.6 is 0 Å². The molecule has 0 fully saturated rings. The van der Waals surface area contributed by atoms with Crippen molar-refractivity contribution in [1.29, 1.82) is 0 Å². The Morgan fingerprint density at radius 2 is 2.18 bits per heavy atom. The summed E-state index contributed by atoms with van der Waals surface area (Å²) in [5, 5.41) is 0. The number of hydrogen-bond acceptors (Lipinski definition) is 1. The molecule has 59 valence electrons. The van der Waals surface area contributed by atoms with E-state index in [2.05, 4.69) is 6.07 Å². The van der Waals surface area contributed by atoms with Crippen LogP contribution in [0.2, 0.25) is 0 Å². The monoisotopic (exact) mass is 149 g/mol. The van der Waals surface area contributed by atoms with Crippen LogP contribution in [0.15, 0.2) is 18.2 Å². The molecule has 0 bridgehead atoms. The SMILES string of the molecule is Cc1c[c]ccc1OC(C)C. The topological polar surface area (TPSA) is 9.23 Å². The first kappa shape index (κ1) is 8.12. The first-order chi connectivity index (χ1) is 5.20. The van der Waals surface area contributed by atoms with Gasteiger partial charge in [0.25, 0.3) is 0 Å². The van der Waals surface area contributed by atoms with Crippen molar-refractivity contribution in [3.8, 4) is 5.75 Å². The van der Waals surface area contributed by atoms with Crippen molar-refractivity contribution < 1.29 is 4.74 Å². The molecule has 1 rings (SSSR count). The maximum atomic E-state index is 5.52. The van der Waals surface area contributed by atoms with Crippen LogP contribution in [0.5, 0.6) is 5.75 Å². The molecule has 1 aromatic rings. The first-order valence-corrected chi connectivity index (χ1v) is 3.83. The predicted octanol–water partition coefficient (Wildman–Crippen LogP) is 2.58. The van der Waals surface area contributed by atoms with Gasteiger partial charge in [-0.05, 0) is 44.5 Å². The van der Waals surface area contributed by atoms with Gasteiger partial charge in [-0.2, -0.15) is 0 Å². The third-order valence-electron chi connectivity index (χ3n) is 1.38. The van der Waals surface area contributed by atoms with E-state index < -0.39 is 0 Å². The van der Waals surface area contributed by atoms with E-state index in [1.807, 2.05) is 39.0 Å². The molecular weight excluding hydrogens is 136 g/mol. The van der Waals surface area contributed by atoms with Gasteiger partial charge in [-0.3, -0.25) is 0 Å². The molecule has 1 radical (unpaired) electrons. The van der Waals surface area contributed by atoms with Gasteiger partial charge in [0.1, 0.15) is 5.75 Å². The van der Waals surface area contributed by atoms with Gasteiger partial charge in [0.2, 0.25) is 0 Å². The molecule has 0 aliphatic rings. The van der Waals surface area contributed by atoms with Crippen molar-refractivity contribution in [1.82, 2.24) is 0 Å². The lowest BCUT2D eigenvalue weighted by Gasteiger charge is -2.11. The molecule has 1 aromatic carbocycles. The molecule has 0 aromatic heterocycles. The Morgan fingerprint density at radius 1 is 1.45 bits per heavy atom. The summed E-state index contributed by atoms with van der Waals surface area (Å²) in [6, 6.07) is 8.73. The van der Waals surface area contributed by atoms with Gasteiger partial charge in [-0.15, -0.1) is 0 Å². The summed E-state index contributed by atoms with van der Waals surface area (Å²) in [7, 11) is 0. The number of aryl methyl sites for hydroxylation is 1. The zero-order valence-electron chi connectivity index (χ0n) is 7.22. The van der Waals surface area contributed by atoms with Crippen molar-refractivity contribution in [3.05, 3.63) is 29.8 Å². The fourth-order valence-corrected chi connectivity index (χ4v) is 0.886. The van der Waals surface area contributed by atoms with Gasteiger partial charge < -0.3 is 4.74 Å². The average molecular weight is 149 g/mol. The Morgan fingerprint density at radius 3 is 2.73 bits per heavy atom. The summed E-state index contributed by atoms with van der Waals surface area (Å²) >= 11 is 0. The van der Waals surface area contributed by atoms with Crippen LogP contribution in [0.4, 0.5) is 0 Å². The maximum absolute atomic E-state index is 5.52. The van der Waals surface area contributed by atoms with Gasteiger partial charge >= 0.3 is 0 Å². The van der Waals surface area contributed by atoms with E-state index in [9.17, 15) is 0 Å². The lowest BCUT2D eigenvalue weighted by atomic mass is 10.2. The minimum Gasteiger partial charge on any atom is -0.491 e. The normalized spacial score (nSPS) is 10.2. The van der Waals surface area contributed by atoms with Gasteiger partial charge in [-0.1, -0.05) is 6.07 Å². The Kier molecular flexibility index (Phi) is 2.53. The highest BCUT2D eigenvalue weighted by Gasteiger charge is 1.98. The standard InChI is InChI=1S/C10H13O/c1-8(2)11-10-7-5-4-6-9(10)3/h5-8H,1-3H3. The zero-order chi connectivity index (χ0) is 8.27. The third kappa shape index (κ3) is 2.26. The summed E-state index contributed by atoms with van der Waals surface area (Å²) in [5.41, 5.74) is 1.14. The van der Waals surface area contributed by atoms with Crippen LogP contribution in [-0.4, -0.2) is 6.10 Å². The number of benzene rings is 1. The van der Waals surface area contributed by atoms with E-state index in [0.29, 0.717) is 0 Å². The molecule has 1 heteroatoms. The van der Waals surface area contributed by atoms with Crippen molar-refractivity contribution in [2.24, 2.45) is 0 Å². The van der Waals surface area contributed by atoms with E-state index >= 15 is 0 Å². The Hall–Kier alpha value is -0.980. The third-order valence-corrected chi connectivity index (χ3v) is 1.38. The predicted molar refractivity (Wildman–Crippen MR) is 45.8 cm³/mol. The van der Waals surface area contributed by atoms with Crippen LogP contribution < -0.4 is 4.74 Å². The number of hydrogen-bond donors (Lipinski definition) is 0. The Balaban J connectivity index is 2.78. The van der Waals surface area contributed by atoms with Crippen molar-refractivity contribution >= 4 is 0 Å². The fraction of sp³-hybridized carbons (Fsp3) is 0.400. The van der Waals surface area contributed by atoms with E-state index in [0.717, 1.165) is 11.3 Å². The largest absolute Gasteiger partial charge is 0.491 e. The number of rotatable bonds is 2. The second kappa shape index (κ2) is 3.42. The molecule has 0 atom stereocenters. The van der Waals surface area contributed by atoms with Crippen molar-refractivity contribution in [2.45, 2.75) is 26.9 Å². The molecular formula is C10H13O. The van der Waals surface area contributed by atoms with Gasteiger partial charge in [0.15, 0.2) is 0 Å². The molecule has 0 spiro atoms. The highest BCUT2D eigenvalue weighted by molar-refractivity contribution is 5.31. The molecule has 0 N–H and O–H groups in total. The summed E-state index contributed by atoms with van der Waals surface area (Å²) in [5.74, 6) is 0.957. The van der Waals surface area contributed by atoms with E-state index in [-0.39, 0.29) is 6.10 Å². The molecule has 0 aliphatic carbocycles. The Bertz CT molecular complexity index is 228. The van der Waals surface area contributed by atoms with Gasteiger partial charge in [0, 0.05) is 0 Å². The van der Waals surface area contributed by atoms with Gasteiger partial charge in [0.05, 0.1) is 6.10 Å². The summed E-state index contributed by atoms with van der Waals surface area (Å²) in [6.07, 6.45) is 0.246. The van der Waals surface area contributed by atoms with Crippen LogP contribution in [0.3, 0.4) is 0 Å². The van der Waals surface area contributed by atoms with Gasteiger partial charge in [-0.25, -0.2) is 0 Å². The molecule has 0 unspecified atom stereocenters. The minimum atomic E-state index is 0.246. The zero-order valence-corrected chi connectivity index (χ0v) is 7.22. The quantitative estimate of drug-likeness (QED) is 0.628. The molecule has 0 aliphatic heterocycles. The second-order valence-corrected chi connectivity index (χ2v) is 2.86. The molecule has 0 saturated carbocycles. The van der Waals surface area contributed by atoms with Crippen molar-refractivity contribution in [2.75, 3.05) is 0 Å². The lowest BCUT2D eigenvalue weighted by Crippen LogP contribution is -2.06. The highest BCUT2D eigenvalue weighted by atomic mass is 16.5. The lowest BCUT2D eigenvalue weighted by molar-refractivity contribution is 0.241. The smallest absolute Gasteiger partial charge is 0.122 e. The molecule has 0 saturated heterocycles. The van der Waals surface area contributed by atoms with Crippen LogP contribution in [0, 0.1) is 13.0 Å².